The van der Waals surface area contributed by atoms with E-state index in [9.17, 15) is 9.59 Å². The summed E-state index contributed by atoms with van der Waals surface area (Å²) in [6, 6.07) is 23.7. The number of imidazole rings is 2. The molecule has 0 aliphatic heterocycles. The van der Waals surface area contributed by atoms with Gasteiger partial charge < -0.3 is 4.74 Å². The Morgan fingerprint density at radius 1 is 0.853 bits per heavy atom. The lowest BCUT2D eigenvalue weighted by Crippen LogP contribution is -2.29. The number of fused-ring (bicyclic) bond motifs is 4. The molecule has 166 valence electrons. The number of nitrogens with zero attached hydrogens (tertiary/aromatic N) is 6. The van der Waals surface area contributed by atoms with Crippen molar-refractivity contribution in [2.45, 2.75) is 6.92 Å². The molecule has 3 heterocycles. The number of carbonyl (C=O) groups excluding carboxylic acids is 1. The van der Waals surface area contributed by atoms with Crippen LogP contribution >= 0.6 is 0 Å². The van der Waals surface area contributed by atoms with Gasteiger partial charge in [0.05, 0.1) is 34.4 Å². The summed E-state index contributed by atoms with van der Waals surface area (Å²) in [6.07, 6.45) is -0.584. The second-order valence-electron chi connectivity index (χ2n) is 7.60. The summed E-state index contributed by atoms with van der Waals surface area (Å²) in [5, 5.41) is 4.66. The summed E-state index contributed by atoms with van der Waals surface area (Å²) in [5.74, 6) is 0.240. The topological polar surface area (TPSA) is 96.3 Å². The lowest BCUT2D eigenvalue weighted by Gasteiger charge is -2.11. The highest BCUT2D eigenvalue weighted by molar-refractivity contribution is 5.94. The van der Waals surface area contributed by atoms with Gasteiger partial charge >= 0.3 is 11.8 Å². The Morgan fingerprint density at radius 3 is 2.24 bits per heavy atom. The SMILES string of the molecule is CCOC(=O)n1c(-c2nn(-c3ccccc3)c(=O)n3c2nc2ccccc23)nc2ccccc21. The molecule has 0 aliphatic rings. The zero-order valence-electron chi connectivity index (χ0n) is 18.1. The Hall–Kier alpha value is -4.79. The first-order valence-corrected chi connectivity index (χ1v) is 10.8. The van der Waals surface area contributed by atoms with E-state index in [1.807, 2.05) is 54.6 Å². The Bertz CT molecular complexity index is 1760. The fourth-order valence-corrected chi connectivity index (χ4v) is 4.10. The first-order valence-electron chi connectivity index (χ1n) is 10.8. The van der Waals surface area contributed by atoms with Crippen LogP contribution in [0, 0.1) is 0 Å². The van der Waals surface area contributed by atoms with Crippen LogP contribution < -0.4 is 5.69 Å². The maximum atomic E-state index is 13.6. The van der Waals surface area contributed by atoms with E-state index in [4.69, 9.17) is 9.72 Å². The van der Waals surface area contributed by atoms with Gasteiger partial charge in [0, 0.05) is 0 Å². The zero-order valence-corrected chi connectivity index (χ0v) is 18.1. The molecule has 0 saturated carbocycles. The van der Waals surface area contributed by atoms with Crippen LogP contribution in [0.25, 0.3) is 44.9 Å². The standard InChI is InChI=1S/C25H18N6O3/c1-2-34-25(33)30-20-15-9-7-13-18(20)27-23(30)21-22-26-17-12-6-8-14-19(17)29(22)24(32)31(28-21)16-10-4-3-5-11-16/h3-15H,2H2,1H3. The molecule has 0 amide bonds. The van der Waals surface area contributed by atoms with Gasteiger partial charge in [0.1, 0.15) is 0 Å². The third-order valence-corrected chi connectivity index (χ3v) is 5.57. The van der Waals surface area contributed by atoms with Crippen molar-refractivity contribution in [1.82, 2.24) is 28.7 Å². The number of rotatable bonds is 3. The average molecular weight is 450 g/mol. The maximum Gasteiger partial charge on any atom is 0.420 e. The zero-order chi connectivity index (χ0) is 23.2. The fourth-order valence-electron chi connectivity index (χ4n) is 4.10. The summed E-state index contributed by atoms with van der Waals surface area (Å²) in [5.41, 5.74) is 3.22. The monoisotopic (exact) mass is 450 g/mol. The van der Waals surface area contributed by atoms with Crippen LogP contribution in [0.3, 0.4) is 0 Å². The maximum absolute atomic E-state index is 13.6. The molecule has 0 fully saturated rings. The summed E-state index contributed by atoms with van der Waals surface area (Å²) in [4.78, 5) is 36.0. The largest absolute Gasteiger partial charge is 0.449 e. The minimum atomic E-state index is -0.584. The van der Waals surface area contributed by atoms with Gasteiger partial charge in [-0.3, -0.25) is 0 Å². The number of carbonyl (C=O) groups is 1. The molecule has 0 atom stereocenters. The molecular formula is C25H18N6O3. The van der Waals surface area contributed by atoms with Gasteiger partial charge in [-0.2, -0.15) is 9.78 Å². The molecule has 0 N–H and O–H groups in total. The quantitative estimate of drug-likeness (QED) is 0.404. The van der Waals surface area contributed by atoms with Crippen LogP contribution in [-0.4, -0.2) is 41.4 Å². The molecule has 0 bridgehead atoms. The van der Waals surface area contributed by atoms with Gasteiger partial charge in [0.2, 0.25) is 0 Å². The molecule has 9 nitrogen and oxygen atoms in total. The second kappa shape index (κ2) is 7.66. The fraction of sp³-hybridized carbons (Fsp3) is 0.0800. The summed E-state index contributed by atoms with van der Waals surface area (Å²) >= 11 is 0. The van der Waals surface area contributed by atoms with Crippen LogP contribution in [0.1, 0.15) is 6.92 Å². The molecule has 3 aromatic heterocycles. The van der Waals surface area contributed by atoms with E-state index in [0.717, 1.165) is 0 Å². The van der Waals surface area contributed by atoms with E-state index in [1.165, 1.54) is 13.6 Å². The Labute approximate surface area is 192 Å². The third kappa shape index (κ3) is 2.91. The predicted molar refractivity (Wildman–Crippen MR) is 127 cm³/mol. The van der Waals surface area contributed by atoms with E-state index in [-0.39, 0.29) is 23.8 Å². The lowest BCUT2D eigenvalue weighted by atomic mass is 10.3. The van der Waals surface area contributed by atoms with Crippen molar-refractivity contribution in [3.05, 3.63) is 89.3 Å². The molecule has 0 radical (unpaired) electrons. The molecule has 34 heavy (non-hydrogen) atoms. The van der Waals surface area contributed by atoms with E-state index in [0.29, 0.717) is 33.4 Å². The van der Waals surface area contributed by atoms with Gasteiger partial charge in [0.15, 0.2) is 17.2 Å². The molecule has 0 spiro atoms. The Morgan fingerprint density at radius 2 is 1.50 bits per heavy atom. The number of para-hydroxylation sites is 5. The normalized spacial score (nSPS) is 11.4. The highest BCUT2D eigenvalue weighted by Gasteiger charge is 2.25. The van der Waals surface area contributed by atoms with E-state index in [1.54, 1.807) is 31.2 Å². The lowest BCUT2D eigenvalue weighted by molar-refractivity contribution is 0.155. The van der Waals surface area contributed by atoms with Crippen molar-refractivity contribution in [3.8, 4) is 17.2 Å². The summed E-state index contributed by atoms with van der Waals surface area (Å²) in [6.45, 7) is 1.94. The summed E-state index contributed by atoms with van der Waals surface area (Å²) < 4.78 is 9.50. The van der Waals surface area contributed by atoms with Crippen molar-refractivity contribution in [1.29, 1.82) is 0 Å². The van der Waals surface area contributed by atoms with E-state index >= 15 is 0 Å². The highest BCUT2D eigenvalue weighted by Crippen LogP contribution is 2.28. The molecule has 6 aromatic rings. The number of ether oxygens (including phenoxy) is 1. The molecule has 0 saturated heterocycles. The predicted octanol–water partition coefficient (Wildman–Crippen LogP) is 4.05. The molecule has 0 unspecified atom stereocenters. The minimum Gasteiger partial charge on any atom is -0.449 e. The third-order valence-electron chi connectivity index (χ3n) is 5.57. The van der Waals surface area contributed by atoms with Crippen LogP contribution in [0.5, 0.6) is 0 Å². The summed E-state index contributed by atoms with van der Waals surface area (Å²) in [7, 11) is 0. The molecule has 3 aromatic carbocycles. The van der Waals surface area contributed by atoms with Crippen molar-refractivity contribution in [2.24, 2.45) is 0 Å². The van der Waals surface area contributed by atoms with Gasteiger partial charge in [-0.15, -0.1) is 0 Å². The van der Waals surface area contributed by atoms with Crippen molar-refractivity contribution in [3.63, 3.8) is 0 Å². The van der Waals surface area contributed by atoms with E-state index in [2.05, 4.69) is 10.1 Å². The van der Waals surface area contributed by atoms with Crippen LogP contribution in [0.4, 0.5) is 4.79 Å². The smallest absolute Gasteiger partial charge is 0.420 e. The second-order valence-corrected chi connectivity index (χ2v) is 7.60. The van der Waals surface area contributed by atoms with Crippen LogP contribution in [-0.2, 0) is 4.74 Å². The van der Waals surface area contributed by atoms with Gasteiger partial charge in [-0.05, 0) is 43.3 Å². The number of hydrogen-bond acceptors (Lipinski definition) is 6. The molecular weight excluding hydrogens is 432 g/mol. The molecule has 9 heteroatoms. The van der Waals surface area contributed by atoms with Crippen LogP contribution in [0.15, 0.2) is 83.7 Å². The highest BCUT2D eigenvalue weighted by atomic mass is 16.5. The van der Waals surface area contributed by atoms with Crippen molar-refractivity contribution >= 4 is 33.8 Å². The van der Waals surface area contributed by atoms with E-state index < -0.39 is 6.09 Å². The van der Waals surface area contributed by atoms with Crippen molar-refractivity contribution in [2.75, 3.05) is 6.61 Å². The number of hydrogen-bond donors (Lipinski definition) is 0. The van der Waals surface area contributed by atoms with Crippen molar-refractivity contribution < 1.29 is 9.53 Å². The Kier molecular flexibility index (Phi) is 4.48. The minimum absolute atomic E-state index is 0.199. The van der Waals surface area contributed by atoms with Gasteiger partial charge in [0.25, 0.3) is 0 Å². The van der Waals surface area contributed by atoms with Crippen LogP contribution in [0.2, 0.25) is 0 Å². The number of benzene rings is 3. The number of aromatic nitrogens is 6. The first kappa shape index (κ1) is 19.9. The average Bonchev–Trinajstić information content (AvgIpc) is 3.44. The van der Waals surface area contributed by atoms with Gasteiger partial charge in [-0.1, -0.05) is 42.5 Å². The molecule has 0 aliphatic carbocycles. The Balaban J connectivity index is 1.78. The van der Waals surface area contributed by atoms with Gasteiger partial charge in [-0.25, -0.2) is 28.5 Å². The first-order chi connectivity index (χ1) is 16.7. The molecule has 6 rings (SSSR count).